The quantitative estimate of drug-likeness (QED) is 0.601. The van der Waals surface area contributed by atoms with Gasteiger partial charge in [0.25, 0.3) is 5.91 Å². The lowest BCUT2D eigenvalue weighted by atomic mass is 10.1. The highest BCUT2D eigenvalue weighted by Crippen LogP contribution is 2.25. The molecular weight excluding hydrogens is 316 g/mol. The molecule has 0 aliphatic carbocycles. The number of nitrogens with one attached hydrogen (secondary N) is 1. The molecule has 0 bridgehead atoms. The van der Waals surface area contributed by atoms with Gasteiger partial charge >= 0.3 is 0 Å². The Morgan fingerprint density at radius 3 is 2.71 bits per heavy atom. The molecule has 0 saturated heterocycles. The molecule has 2 heterocycles. The third-order valence-corrected chi connectivity index (χ3v) is 5.15. The third kappa shape index (κ3) is 2.76. The second-order valence-electron chi connectivity index (χ2n) is 5.64. The van der Waals surface area contributed by atoms with Gasteiger partial charge in [-0.25, -0.2) is 0 Å². The fourth-order valence-electron chi connectivity index (χ4n) is 2.93. The molecule has 4 rings (SSSR count). The summed E-state index contributed by atoms with van der Waals surface area (Å²) < 4.78 is 1.29. The summed E-state index contributed by atoms with van der Waals surface area (Å²) in [7, 11) is 0. The number of amides is 1. The first-order valence-corrected chi connectivity index (χ1v) is 8.78. The molecule has 1 amide bonds. The number of fused-ring (bicyclic) bond motifs is 2. The van der Waals surface area contributed by atoms with Crippen molar-refractivity contribution in [1.29, 1.82) is 0 Å². The second-order valence-corrected chi connectivity index (χ2v) is 6.55. The lowest BCUT2D eigenvalue weighted by molar-refractivity contribution is 0.0956. The molecule has 0 spiro atoms. The Morgan fingerprint density at radius 2 is 1.79 bits per heavy atom. The van der Waals surface area contributed by atoms with Crippen LogP contribution >= 0.6 is 11.3 Å². The first kappa shape index (κ1) is 14.8. The highest BCUT2D eigenvalue weighted by molar-refractivity contribution is 7.17. The monoisotopic (exact) mass is 332 g/mol. The smallest absolute Gasteiger partial charge is 0.252 e. The molecule has 0 radical (unpaired) electrons. The Bertz CT molecular complexity index is 1020. The molecule has 2 aromatic carbocycles. The van der Waals surface area contributed by atoms with Crippen LogP contribution in [0.3, 0.4) is 0 Å². The first-order valence-electron chi connectivity index (χ1n) is 7.90. The zero-order valence-electron chi connectivity index (χ0n) is 13.0. The van der Waals surface area contributed by atoms with Gasteiger partial charge in [-0.3, -0.25) is 9.78 Å². The van der Waals surface area contributed by atoms with Crippen LogP contribution in [0.4, 0.5) is 0 Å². The fraction of sp³-hybridized carbons (Fsp3) is 0.100. The molecule has 4 aromatic rings. The predicted molar refractivity (Wildman–Crippen MR) is 99.6 cm³/mol. The van der Waals surface area contributed by atoms with Gasteiger partial charge in [-0.2, -0.15) is 0 Å². The van der Waals surface area contributed by atoms with E-state index in [0.29, 0.717) is 12.1 Å². The van der Waals surface area contributed by atoms with Crippen LogP contribution in [0.2, 0.25) is 0 Å². The third-order valence-electron chi connectivity index (χ3n) is 4.13. The number of pyridine rings is 1. The van der Waals surface area contributed by atoms with E-state index in [-0.39, 0.29) is 5.91 Å². The number of carbonyl (C=O) groups is 1. The van der Waals surface area contributed by atoms with Crippen LogP contribution in [0.1, 0.15) is 15.9 Å². The topological polar surface area (TPSA) is 42.0 Å². The van der Waals surface area contributed by atoms with E-state index >= 15 is 0 Å². The summed E-state index contributed by atoms with van der Waals surface area (Å²) in [4.78, 5) is 16.8. The number of aromatic nitrogens is 1. The lowest BCUT2D eigenvalue weighted by Crippen LogP contribution is -2.25. The molecule has 0 atom stereocenters. The molecule has 0 aliphatic rings. The van der Waals surface area contributed by atoms with Gasteiger partial charge in [0, 0.05) is 22.8 Å². The minimum atomic E-state index is -0.0480. The van der Waals surface area contributed by atoms with E-state index in [4.69, 9.17) is 0 Å². The van der Waals surface area contributed by atoms with Crippen molar-refractivity contribution in [2.45, 2.75) is 6.42 Å². The number of hydrogen-bond acceptors (Lipinski definition) is 3. The maximum atomic E-state index is 12.5. The van der Waals surface area contributed by atoms with Gasteiger partial charge in [-0.1, -0.05) is 36.4 Å². The Balaban J connectivity index is 1.48. The maximum absolute atomic E-state index is 12.5. The Hall–Kier alpha value is -2.72. The van der Waals surface area contributed by atoms with Crippen LogP contribution in [-0.2, 0) is 6.42 Å². The SMILES string of the molecule is O=C(NCCc1csc2ccccc12)c1ccnc2ccccc12. The molecule has 0 aliphatic heterocycles. The van der Waals surface area contributed by atoms with Crippen molar-refractivity contribution >= 4 is 38.2 Å². The standard InChI is InChI=1S/C20H16N2OS/c23-20(17-10-12-21-18-7-3-1-6-16(17)18)22-11-9-14-13-24-19-8-4-2-5-15(14)19/h1-8,10,12-13H,9,11H2,(H,22,23). The van der Waals surface area contributed by atoms with Crippen molar-refractivity contribution in [1.82, 2.24) is 10.3 Å². The van der Waals surface area contributed by atoms with Crippen molar-refractivity contribution < 1.29 is 4.79 Å². The van der Waals surface area contributed by atoms with Gasteiger partial charge in [0.2, 0.25) is 0 Å². The number of rotatable bonds is 4. The van der Waals surface area contributed by atoms with E-state index in [0.717, 1.165) is 17.3 Å². The normalized spacial score (nSPS) is 11.0. The van der Waals surface area contributed by atoms with Gasteiger partial charge in [0.15, 0.2) is 0 Å². The summed E-state index contributed by atoms with van der Waals surface area (Å²) in [6.07, 6.45) is 2.52. The van der Waals surface area contributed by atoms with Gasteiger partial charge < -0.3 is 5.32 Å². The van der Waals surface area contributed by atoms with Crippen LogP contribution in [0.5, 0.6) is 0 Å². The summed E-state index contributed by atoms with van der Waals surface area (Å²) in [5, 5.41) is 7.38. The molecule has 1 N–H and O–H groups in total. The van der Waals surface area contributed by atoms with Gasteiger partial charge in [0.1, 0.15) is 0 Å². The fourth-order valence-corrected chi connectivity index (χ4v) is 3.92. The molecule has 2 aromatic heterocycles. The molecular formula is C20H16N2OS. The Kier molecular flexibility index (Phi) is 3.97. The van der Waals surface area contributed by atoms with Crippen LogP contribution in [0, 0.1) is 0 Å². The van der Waals surface area contributed by atoms with E-state index < -0.39 is 0 Å². The maximum Gasteiger partial charge on any atom is 0.252 e. The Labute approximate surface area is 144 Å². The zero-order valence-corrected chi connectivity index (χ0v) is 13.8. The van der Waals surface area contributed by atoms with E-state index in [1.807, 2.05) is 24.3 Å². The van der Waals surface area contributed by atoms with E-state index in [1.54, 1.807) is 23.6 Å². The molecule has 24 heavy (non-hydrogen) atoms. The lowest BCUT2D eigenvalue weighted by Gasteiger charge is -2.07. The summed E-state index contributed by atoms with van der Waals surface area (Å²) in [6.45, 7) is 0.621. The predicted octanol–water partition coefficient (Wildman–Crippen LogP) is 4.42. The molecule has 0 saturated carbocycles. The molecule has 4 heteroatoms. The van der Waals surface area contributed by atoms with Gasteiger partial charge in [-0.05, 0) is 40.9 Å². The van der Waals surface area contributed by atoms with Crippen molar-refractivity contribution in [2.75, 3.05) is 6.54 Å². The van der Waals surface area contributed by atoms with Crippen molar-refractivity contribution in [3.8, 4) is 0 Å². The number of nitrogens with zero attached hydrogens (tertiary/aromatic N) is 1. The summed E-state index contributed by atoms with van der Waals surface area (Å²) in [5.41, 5.74) is 2.81. The van der Waals surface area contributed by atoms with Crippen LogP contribution in [-0.4, -0.2) is 17.4 Å². The zero-order chi connectivity index (χ0) is 16.4. The first-order chi connectivity index (χ1) is 11.8. The number of para-hydroxylation sites is 1. The minimum Gasteiger partial charge on any atom is -0.352 e. The van der Waals surface area contributed by atoms with Crippen molar-refractivity contribution in [3.05, 3.63) is 77.3 Å². The van der Waals surface area contributed by atoms with Gasteiger partial charge in [0.05, 0.1) is 11.1 Å². The average molecular weight is 332 g/mol. The number of thiophene rings is 1. The Morgan fingerprint density at radius 1 is 1.00 bits per heavy atom. The van der Waals surface area contributed by atoms with Crippen molar-refractivity contribution in [2.24, 2.45) is 0 Å². The summed E-state index contributed by atoms with van der Waals surface area (Å²) in [5.74, 6) is -0.0480. The van der Waals surface area contributed by atoms with Crippen molar-refractivity contribution in [3.63, 3.8) is 0 Å². The summed E-state index contributed by atoms with van der Waals surface area (Å²) >= 11 is 1.75. The summed E-state index contributed by atoms with van der Waals surface area (Å²) in [6, 6.07) is 17.9. The second kappa shape index (κ2) is 6.42. The molecule has 0 unspecified atom stereocenters. The van der Waals surface area contributed by atoms with Crippen LogP contribution in [0.15, 0.2) is 66.2 Å². The highest BCUT2D eigenvalue weighted by atomic mass is 32.1. The van der Waals surface area contributed by atoms with E-state index in [1.165, 1.54) is 15.6 Å². The minimum absolute atomic E-state index is 0.0480. The number of carbonyl (C=O) groups excluding carboxylic acids is 1. The number of benzene rings is 2. The highest BCUT2D eigenvalue weighted by Gasteiger charge is 2.10. The van der Waals surface area contributed by atoms with E-state index in [2.05, 4.69) is 39.9 Å². The molecule has 3 nitrogen and oxygen atoms in total. The van der Waals surface area contributed by atoms with Crippen LogP contribution < -0.4 is 5.32 Å². The van der Waals surface area contributed by atoms with E-state index in [9.17, 15) is 4.79 Å². The van der Waals surface area contributed by atoms with Gasteiger partial charge in [-0.15, -0.1) is 11.3 Å². The largest absolute Gasteiger partial charge is 0.352 e. The van der Waals surface area contributed by atoms with Crippen LogP contribution in [0.25, 0.3) is 21.0 Å². The molecule has 0 fully saturated rings. The number of hydrogen-bond donors (Lipinski definition) is 1. The average Bonchev–Trinajstić information content (AvgIpc) is 3.04. The molecule has 118 valence electrons.